The van der Waals surface area contributed by atoms with Gasteiger partial charge in [0.1, 0.15) is 0 Å². The third-order valence-electron chi connectivity index (χ3n) is 3.54. The molecule has 0 spiro atoms. The van der Waals surface area contributed by atoms with E-state index in [9.17, 15) is 0 Å². The first-order chi connectivity index (χ1) is 8.81. The van der Waals surface area contributed by atoms with E-state index in [1.165, 1.54) is 37.2 Å². The van der Waals surface area contributed by atoms with Crippen molar-refractivity contribution >= 4 is 11.3 Å². The van der Waals surface area contributed by atoms with Crippen molar-refractivity contribution in [1.82, 2.24) is 4.90 Å². The average Bonchev–Trinajstić information content (AvgIpc) is 2.84. The van der Waals surface area contributed by atoms with E-state index in [1.54, 1.807) is 11.3 Å². The molecule has 1 fully saturated rings. The molecule has 1 aromatic rings. The van der Waals surface area contributed by atoms with Crippen LogP contribution in [0.25, 0.3) is 0 Å². The van der Waals surface area contributed by atoms with Gasteiger partial charge >= 0.3 is 0 Å². The summed E-state index contributed by atoms with van der Waals surface area (Å²) in [6.07, 6.45) is 4.07. The molecule has 1 saturated heterocycles. The number of hydrogen-bond acceptors (Lipinski definition) is 3. The minimum atomic E-state index is 0.442. The maximum absolute atomic E-state index is 5.39. The second-order valence-electron chi connectivity index (χ2n) is 4.92. The fraction of sp³-hybridized carbons (Fsp3) is 0.600. The summed E-state index contributed by atoms with van der Waals surface area (Å²) in [6.45, 7) is 6.35. The Kier molecular flexibility index (Phi) is 5.25. The smallest absolute Gasteiger partial charge is 0.0772 e. The zero-order valence-corrected chi connectivity index (χ0v) is 11.9. The van der Waals surface area contributed by atoms with Crippen molar-refractivity contribution in [2.45, 2.75) is 32.7 Å². The third kappa shape index (κ3) is 3.84. The fourth-order valence-electron chi connectivity index (χ4n) is 2.52. The molecule has 0 saturated carbocycles. The normalized spacial score (nSPS) is 20.4. The van der Waals surface area contributed by atoms with E-state index in [2.05, 4.69) is 35.8 Å². The van der Waals surface area contributed by atoms with Gasteiger partial charge in [-0.15, -0.1) is 11.3 Å². The molecule has 1 aliphatic rings. The zero-order chi connectivity index (χ0) is 12.8. The second-order valence-corrected chi connectivity index (χ2v) is 6.09. The van der Waals surface area contributed by atoms with Gasteiger partial charge < -0.3 is 5.73 Å². The first-order valence-corrected chi connectivity index (χ1v) is 7.63. The largest absolute Gasteiger partial charge is 0.320 e. The van der Waals surface area contributed by atoms with E-state index >= 15 is 0 Å². The highest BCUT2D eigenvalue weighted by Gasteiger charge is 2.18. The lowest BCUT2D eigenvalue weighted by Gasteiger charge is -2.31. The van der Waals surface area contributed by atoms with Crippen molar-refractivity contribution < 1.29 is 0 Å². The van der Waals surface area contributed by atoms with Crippen molar-refractivity contribution in [1.29, 1.82) is 0 Å². The standard InChI is InChI=1S/C15H22N2S/c1-2-13-5-4-10-17(11-13)12-15-8-7-14(18-15)6-3-9-16/h7-8,13H,2,4-5,9-12,16H2,1H3. The molecule has 0 aromatic carbocycles. The van der Waals surface area contributed by atoms with Gasteiger partial charge in [0.15, 0.2) is 0 Å². The van der Waals surface area contributed by atoms with Crippen molar-refractivity contribution in [3.63, 3.8) is 0 Å². The highest BCUT2D eigenvalue weighted by molar-refractivity contribution is 7.12. The summed E-state index contributed by atoms with van der Waals surface area (Å²) < 4.78 is 0. The van der Waals surface area contributed by atoms with Crippen LogP contribution in [0.2, 0.25) is 0 Å². The van der Waals surface area contributed by atoms with Gasteiger partial charge in [-0.1, -0.05) is 25.2 Å². The van der Waals surface area contributed by atoms with Crippen LogP contribution in [-0.4, -0.2) is 24.5 Å². The fourth-order valence-corrected chi connectivity index (χ4v) is 3.44. The Labute approximate surface area is 114 Å². The summed E-state index contributed by atoms with van der Waals surface area (Å²) in [4.78, 5) is 5.15. The van der Waals surface area contributed by atoms with E-state index in [0.29, 0.717) is 6.54 Å². The minimum Gasteiger partial charge on any atom is -0.320 e. The van der Waals surface area contributed by atoms with Crippen LogP contribution in [0.4, 0.5) is 0 Å². The Bertz CT molecular complexity index is 427. The van der Waals surface area contributed by atoms with Gasteiger partial charge in [0.25, 0.3) is 0 Å². The molecule has 1 unspecified atom stereocenters. The van der Waals surface area contributed by atoms with E-state index in [-0.39, 0.29) is 0 Å². The lowest BCUT2D eigenvalue weighted by Crippen LogP contribution is -2.34. The zero-order valence-electron chi connectivity index (χ0n) is 11.1. The first-order valence-electron chi connectivity index (χ1n) is 6.81. The molecule has 0 aliphatic carbocycles. The van der Waals surface area contributed by atoms with E-state index in [1.807, 2.05) is 0 Å². The van der Waals surface area contributed by atoms with Gasteiger partial charge in [0, 0.05) is 18.0 Å². The predicted octanol–water partition coefficient (Wildman–Crippen LogP) is 2.68. The van der Waals surface area contributed by atoms with Crippen LogP contribution in [0.3, 0.4) is 0 Å². The maximum Gasteiger partial charge on any atom is 0.0772 e. The number of thiophene rings is 1. The molecule has 98 valence electrons. The Morgan fingerprint density at radius 1 is 1.50 bits per heavy atom. The van der Waals surface area contributed by atoms with Crippen molar-refractivity contribution in [2.24, 2.45) is 11.7 Å². The topological polar surface area (TPSA) is 29.3 Å². The van der Waals surface area contributed by atoms with Crippen LogP contribution in [0.15, 0.2) is 12.1 Å². The summed E-state index contributed by atoms with van der Waals surface area (Å²) in [5.74, 6) is 6.92. The SMILES string of the molecule is CCC1CCCN(Cc2ccc(C#CCN)s2)C1. The molecule has 2 nitrogen and oxygen atoms in total. The number of nitrogens with zero attached hydrogens (tertiary/aromatic N) is 1. The maximum atomic E-state index is 5.39. The van der Waals surface area contributed by atoms with Gasteiger partial charge in [-0.3, -0.25) is 4.90 Å². The lowest BCUT2D eigenvalue weighted by molar-refractivity contribution is 0.166. The first kappa shape index (κ1) is 13.6. The number of hydrogen-bond donors (Lipinski definition) is 1. The summed E-state index contributed by atoms with van der Waals surface area (Å²) in [6, 6.07) is 4.32. The van der Waals surface area contributed by atoms with E-state index < -0.39 is 0 Å². The van der Waals surface area contributed by atoms with Crippen LogP contribution in [-0.2, 0) is 6.54 Å². The van der Waals surface area contributed by atoms with Gasteiger partial charge in [-0.25, -0.2) is 0 Å². The van der Waals surface area contributed by atoms with Crippen LogP contribution >= 0.6 is 11.3 Å². The molecule has 2 rings (SSSR count). The van der Waals surface area contributed by atoms with Crippen LogP contribution < -0.4 is 5.73 Å². The summed E-state index contributed by atoms with van der Waals surface area (Å²) >= 11 is 1.80. The Morgan fingerprint density at radius 3 is 3.17 bits per heavy atom. The summed E-state index contributed by atoms with van der Waals surface area (Å²) in [7, 11) is 0. The van der Waals surface area contributed by atoms with Crippen LogP contribution in [0.1, 0.15) is 35.9 Å². The molecular formula is C15H22N2S. The molecule has 0 amide bonds. The Hall–Kier alpha value is -0.820. The molecule has 18 heavy (non-hydrogen) atoms. The molecule has 1 aliphatic heterocycles. The number of rotatable bonds is 3. The van der Waals surface area contributed by atoms with Crippen molar-refractivity contribution in [3.05, 3.63) is 21.9 Å². The van der Waals surface area contributed by atoms with Gasteiger partial charge in [-0.05, 0) is 37.4 Å². The average molecular weight is 262 g/mol. The van der Waals surface area contributed by atoms with Gasteiger partial charge in [-0.2, -0.15) is 0 Å². The van der Waals surface area contributed by atoms with Crippen molar-refractivity contribution in [3.8, 4) is 11.8 Å². The monoisotopic (exact) mass is 262 g/mol. The molecular weight excluding hydrogens is 240 g/mol. The Balaban J connectivity index is 1.90. The van der Waals surface area contributed by atoms with Crippen molar-refractivity contribution in [2.75, 3.05) is 19.6 Å². The van der Waals surface area contributed by atoms with Gasteiger partial charge in [0.05, 0.1) is 11.4 Å². The third-order valence-corrected chi connectivity index (χ3v) is 4.52. The highest BCUT2D eigenvalue weighted by atomic mass is 32.1. The minimum absolute atomic E-state index is 0.442. The van der Waals surface area contributed by atoms with E-state index in [0.717, 1.165) is 17.3 Å². The number of likely N-dealkylation sites (tertiary alicyclic amines) is 1. The quantitative estimate of drug-likeness (QED) is 0.849. The molecule has 3 heteroatoms. The highest BCUT2D eigenvalue weighted by Crippen LogP contribution is 2.23. The predicted molar refractivity (Wildman–Crippen MR) is 78.5 cm³/mol. The number of piperidine rings is 1. The molecule has 1 aromatic heterocycles. The molecule has 2 heterocycles. The number of nitrogens with two attached hydrogens (primary N) is 1. The lowest BCUT2D eigenvalue weighted by atomic mass is 9.96. The molecule has 1 atom stereocenters. The van der Waals surface area contributed by atoms with Crippen LogP contribution in [0, 0.1) is 17.8 Å². The second kappa shape index (κ2) is 6.94. The summed E-state index contributed by atoms with van der Waals surface area (Å²) in [5.41, 5.74) is 5.39. The summed E-state index contributed by atoms with van der Waals surface area (Å²) in [5, 5.41) is 0. The molecule has 0 radical (unpaired) electrons. The van der Waals surface area contributed by atoms with E-state index in [4.69, 9.17) is 5.73 Å². The molecule has 2 N–H and O–H groups in total. The molecule has 0 bridgehead atoms. The van der Waals surface area contributed by atoms with Gasteiger partial charge in [0.2, 0.25) is 0 Å². The Morgan fingerprint density at radius 2 is 2.39 bits per heavy atom. The van der Waals surface area contributed by atoms with Crippen LogP contribution in [0.5, 0.6) is 0 Å².